The molecule has 0 atom stereocenters. The van der Waals surface area contributed by atoms with E-state index >= 15 is 0 Å². The van der Waals surface area contributed by atoms with Gasteiger partial charge in [-0.2, -0.15) is 0 Å². The molecule has 0 unspecified atom stereocenters. The highest BCUT2D eigenvalue weighted by atomic mass is 79.9. The predicted octanol–water partition coefficient (Wildman–Crippen LogP) is 3.72. The Hall–Kier alpha value is -1.07. The molecule has 0 aliphatic carbocycles. The number of rotatable bonds is 6. The number of benzene rings is 1. The minimum absolute atomic E-state index is 0.0904. The molecule has 0 aromatic heterocycles. The van der Waals surface area contributed by atoms with Crippen LogP contribution in [0.2, 0.25) is 5.02 Å². The first-order valence-corrected chi connectivity index (χ1v) is 7.50. The van der Waals surface area contributed by atoms with Gasteiger partial charge in [-0.25, -0.2) is 0 Å². The zero-order valence-electron chi connectivity index (χ0n) is 11.4. The topological polar surface area (TPSA) is 66.4 Å². The molecule has 20 heavy (non-hydrogen) atoms. The van der Waals surface area contributed by atoms with E-state index in [1.165, 1.54) is 0 Å². The molecule has 1 aromatic rings. The molecule has 110 valence electrons. The van der Waals surface area contributed by atoms with Crippen LogP contribution in [0.15, 0.2) is 22.7 Å². The summed E-state index contributed by atoms with van der Waals surface area (Å²) in [6, 6.07) is 4.89. The molecule has 2 N–H and O–H groups in total. The van der Waals surface area contributed by atoms with E-state index in [9.17, 15) is 14.7 Å². The molecule has 4 nitrogen and oxygen atoms in total. The van der Waals surface area contributed by atoms with E-state index < -0.39 is 11.4 Å². The van der Waals surface area contributed by atoms with Crippen molar-refractivity contribution < 1.29 is 14.7 Å². The van der Waals surface area contributed by atoms with Crippen LogP contribution in [0.1, 0.15) is 37.0 Å². The van der Waals surface area contributed by atoms with Gasteiger partial charge in [0.05, 0.1) is 11.0 Å². The highest BCUT2D eigenvalue weighted by molar-refractivity contribution is 9.10. The van der Waals surface area contributed by atoms with Gasteiger partial charge in [0.25, 0.3) is 5.91 Å². The fourth-order valence-corrected chi connectivity index (χ4v) is 2.49. The molecular formula is C14H17BrClNO3. The lowest BCUT2D eigenvalue weighted by molar-refractivity contribution is -0.149. The van der Waals surface area contributed by atoms with Crippen LogP contribution in [-0.2, 0) is 4.79 Å². The molecule has 0 spiro atoms. The number of carboxylic acid groups (broad SMARTS) is 1. The molecule has 0 aliphatic rings. The van der Waals surface area contributed by atoms with Crippen LogP contribution in [0.3, 0.4) is 0 Å². The van der Waals surface area contributed by atoms with Crippen molar-refractivity contribution in [2.24, 2.45) is 5.41 Å². The van der Waals surface area contributed by atoms with Crippen molar-refractivity contribution in [2.75, 3.05) is 6.54 Å². The van der Waals surface area contributed by atoms with E-state index in [1.54, 1.807) is 32.0 Å². The highest BCUT2D eigenvalue weighted by Crippen LogP contribution is 2.26. The monoisotopic (exact) mass is 361 g/mol. The second-order valence-corrected chi connectivity index (χ2v) is 5.89. The summed E-state index contributed by atoms with van der Waals surface area (Å²) < 4.78 is 0.619. The molecule has 0 aliphatic heterocycles. The van der Waals surface area contributed by atoms with E-state index in [2.05, 4.69) is 21.2 Å². The minimum atomic E-state index is -0.930. The average Bonchev–Trinajstić information content (AvgIpc) is 2.42. The lowest BCUT2D eigenvalue weighted by Crippen LogP contribution is -2.42. The van der Waals surface area contributed by atoms with Crippen molar-refractivity contribution in [3.05, 3.63) is 33.3 Å². The van der Waals surface area contributed by atoms with Crippen molar-refractivity contribution in [3.63, 3.8) is 0 Å². The Morgan fingerprint density at radius 3 is 2.45 bits per heavy atom. The number of hydrogen-bond donors (Lipinski definition) is 2. The molecule has 0 heterocycles. The van der Waals surface area contributed by atoms with E-state index in [1.807, 2.05) is 0 Å². The van der Waals surface area contributed by atoms with Crippen molar-refractivity contribution in [1.29, 1.82) is 0 Å². The summed E-state index contributed by atoms with van der Waals surface area (Å²) in [5.41, 5.74) is -0.537. The summed E-state index contributed by atoms with van der Waals surface area (Å²) in [6.45, 7) is 3.70. The lowest BCUT2D eigenvalue weighted by Gasteiger charge is -2.26. The highest BCUT2D eigenvalue weighted by Gasteiger charge is 2.35. The maximum Gasteiger partial charge on any atom is 0.311 e. The Labute approximate surface area is 131 Å². The summed E-state index contributed by atoms with van der Waals surface area (Å²) >= 11 is 9.14. The Bertz CT molecular complexity index is 515. The van der Waals surface area contributed by atoms with Gasteiger partial charge in [0.1, 0.15) is 0 Å². The third-order valence-corrected chi connectivity index (χ3v) is 4.49. The molecule has 6 heteroatoms. The number of carbonyl (C=O) groups is 2. The Kier molecular flexibility index (Phi) is 6.02. The Morgan fingerprint density at radius 2 is 1.95 bits per heavy atom. The average molecular weight is 363 g/mol. The maximum atomic E-state index is 12.1. The van der Waals surface area contributed by atoms with Gasteiger partial charge in [0.2, 0.25) is 0 Å². The van der Waals surface area contributed by atoms with Crippen LogP contribution in [0.5, 0.6) is 0 Å². The van der Waals surface area contributed by atoms with Gasteiger partial charge in [-0.3, -0.25) is 9.59 Å². The minimum Gasteiger partial charge on any atom is -0.481 e. The zero-order valence-corrected chi connectivity index (χ0v) is 13.7. The summed E-state index contributed by atoms with van der Waals surface area (Å²) in [5.74, 6) is -1.24. The van der Waals surface area contributed by atoms with E-state index in [4.69, 9.17) is 11.6 Å². The van der Waals surface area contributed by atoms with Crippen LogP contribution in [0.4, 0.5) is 0 Å². The van der Waals surface area contributed by atoms with Crippen LogP contribution < -0.4 is 5.32 Å². The molecule has 0 radical (unpaired) electrons. The molecule has 1 rings (SSSR count). The third-order valence-electron chi connectivity index (χ3n) is 3.57. The number of carboxylic acids is 1. The van der Waals surface area contributed by atoms with Gasteiger partial charge in [-0.15, -0.1) is 0 Å². The van der Waals surface area contributed by atoms with Gasteiger partial charge < -0.3 is 10.4 Å². The molecule has 0 saturated carbocycles. The van der Waals surface area contributed by atoms with Crippen molar-refractivity contribution in [2.45, 2.75) is 26.7 Å². The molecule has 0 bridgehead atoms. The number of carbonyl (C=O) groups excluding carboxylic acids is 1. The van der Waals surface area contributed by atoms with E-state index in [0.29, 0.717) is 27.9 Å². The Morgan fingerprint density at radius 1 is 1.35 bits per heavy atom. The molecular weight excluding hydrogens is 346 g/mol. The number of hydrogen-bond acceptors (Lipinski definition) is 2. The lowest BCUT2D eigenvalue weighted by atomic mass is 9.82. The summed E-state index contributed by atoms with van der Waals surface area (Å²) in [5, 5.41) is 12.5. The zero-order chi connectivity index (χ0) is 15.3. The summed E-state index contributed by atoms with van der Waals surface area (Å²) in [7, 11) is 0. The number of aliphatic carboxylic acids is 1. The SMILES string of the molecule is CCC(CC)(CNC(=O)c1cc(Cl)ccc1Br)C(=O)O. The quantitative estimate of drug-likeness (QED) is 0.810. The van der Waals surface area contributed by atoms with Gasteiger partial charge >= 0.3 is 5.97 Å². The van der Waals surface area contributed by atoms with Crippen LogP contribution in [0.25, 0.3) is 0 Å². The number of halogens is 2. The fraction of sp³-hybridized carbons (Fsp3) is 0.429. The molecule has 1 aromatic carbocycles. The van der Waals surface area contributed by atoms with Crippen molar-refractivity contribution in [3.8, 4) is 0 Å². The predicted molar refractivity (Wildman–Crippen MR) is 82.1 cm³/mol. The van der Waals surface area contributed by atoms with Crippen LogP contribution in [-0.4, -0.2) is 23.5 Å². The molecule has 0 saturated heterocycles. The Balaban J connectivity index is 2.86. The van der Waals surface area contributed by atoms with Crippen LogP contribution >= 0.6 is 27.5 Å². The second-order valence-electron chi connectivity index (χ2n) is 4.60. The largest absolute Gasteiger partial charge is 0.481 e. The van der Waals surface area contributed by atoms with Gasteiger partial charge in [-0.05, 0) is 47.0 Å². The van der Waals surface area contributed by atoms with Crippen LogP contribution in [0, 0.1) is 5.41 Å². The maximum absolute atomic E-state index is 12.1. The summed E-state index contributed by atoms with van der Waals surface area (Å²) in [6.07, 6.45) is 0.908. The normalized spacial score (nSPS) is 11.2. The first-order chi connectivity index (χ1) is 9.36. The smallest absolute Gasteiger partial charge is 0.311 e. The van der Waals surface area contributed by atoms with E-state index in [-0.39, 0.29) is 12.5 Å². The molecule has 1 amide bonds. The van der Waals surface area contributed by atoms with Crippen molar-refractivity contribution in [1.82, 2.24) is 5.32 Å². The summed E-state index contributed by atoms with van der Waals surface area (Å²) in [4.78, 5) is 23.5. The number of amides is 1. The first kappa shape index (κ1) is 17.0. The standard InChI is InChI=1S/C14H17BrClNO3/c1-3-14(4-2,13(19)20)8-17-12(18)10-7-9(16)5-6-11(10)15/h5-7H,3-4,8H2,1-2H3,(H,17,18)(H,19,20). The number of nitrogens with one attached hydrogen (secondary N) is 1. The van der Waals surface area contributed by atoms with Gasteiger partial charge in [0, 0.05) is 16.0 Å². The molecule has 0 fully saturated rings. The van der Waals surface area contributed by atoms with Gasteiger partial charge in [-0.1, -0.05) is 25.4 Å². The second kappa shape index (κ2) is 7.09. The van der Waals surface area contributed by atoms with Crippen molar-refractivity contribution >= 4 is 39.4 Å². The fourth-order valence-electron chi connectivity index (χ4n) is 1.89. The van der Waals surface area contributed by atoms with E-state index in [0.717, 1.165) is 0 Å². The van der Waals surface area contributed by atoms with Gasteiger partial charge in [0.15, 0.2) is 0 Å². The first-order valence-electron chi connectivity index (χ1n) is 6.33. The third kappa shape index (κ3) is 3.73.